The minimum atomic E-state index is -0.285. The molecule has 0 aliphatic carbocycles. The van der Waals surface area contributed by atoms with Gasteiger partial charge in [0.2, 0.25) is 0 Å². The minimum Gasteiger partial charge on any atom is -0.369 e. The zero-order valence-corrected chi connectivity index (χ0v) is 16.9. The topological polar surface area (TPSA) is 97.2 Å². The number of carbonyl (C=O) groups is 1. The quantitative estimate of drug-likeness (QED) is 0.779. The summed E-state index contributed by atoms with van der Waals surface area (Å²) in [7, 11) is 0. The van der Waals surface area contributed by atoms with E-state index in [2.05, 4.69) is 38.5 Å². The lowest BCUT2D eigenvalue weighted by atomic mass is 10.00. The Balaban J connectivity index is 1.91. The van der Waals surface area contributed by atoms with Crippen molar-refractivity contribution in [2.75, 3.05) is 41.8 Å². The molecule has 0 spiro atoms. The van der Waals surface area contributed by atoms with Crippen LogP contribution in [0.2, 0.25) is 0 Å². The number of piperidine rings is 1. The fourth-order valence-corrected chi connectivity index (χ4v) is 3.30. The first-order valence-electron chi connectivity index (χ1n) is 9.95. The smallest absolute Gasteiger partial charge is 0.327 e. The van der Waals surface area contributed by atoms with Gasteiger partial charge in [-0.25, -0.2) is 9.78 Å². The third kappa shape index (κ3) is 5.42. The number of rotatable bonds is 6. The maximum Gasteiger partial charge on any atom is 0.327 e. The number of nitrogens with zero attached hydrogens (tertiary/aromatic N) is 5. The van der Waals surface area contributed by atoms with Gasteiger partial charge in [-0.1, -0.05) is 6.92 Å². The molecule has 0 atom stereocenters. The fraction of sp³-hybridized carbons (Fsp3) is 0.429. The summed E-state index contributed by atoms with van der Waals surface area (Å²) < 4.78 is 0. The van der Waals surface area contributed by atoms with Crippen LogP contribution in [-0.4, -0.2) is 47.2 Å². The molecule has 152 valence electrons. The minimum absolute atomic E-state index is 0.285. The van der Waals surface area contributed by atoms with E-state index in [0.29, 0.717) is 41.9 Å². The number of pyridine rings is 2. The second-order valence-electron chi connectivity index (χ2n) is 7.28. The van der Waals surface area contributed by atoms with E-state index in [4.69, 9.17) is 0 Å². The van der Waals surface area contributed by atoms with Gasteiger partial charge in [-0.15, -0.1) is 0 Å². The molecule has 0 unspecified atom stereocenters. The predicted molar refractivity (Wildman–Crippen MR) is 114 cm³/mol. The molecule has 1 saturated heterocycles. The molecule has 8 nitrogen and oxygen atoms in total. The Kier molecular flexibility index (Phi) is 6.98. The summed E-state index contributed by atoms with van der Waals surface area (Å²) in [5.74, 6) is 1.28. The van der Waals surface area contributed by atoms with Gasteiger partial charge in [0, 0.05) is 32.0 Å². The molecular formula is C21H27N7O. The number of hydrogen-bond donors (Lipinski definition) is 2. The van der Waals surface area contributed by atoms with Crippen molar-refractivity contribution < 1.29 is 4.79 Å². The van der Waals surface area contributed by atoms with E-state index in [1.807, 2.05) is 6.92 Å². The third-order valence-electron chi connectivity index (χ3n) is 5.01. The monoisotopic (exact) mass is 393 g/mol. The predicted octanol–water partition coefficient (Wildman–Crippen LogP) is 3.51. The van der Waals surface area contributed by atoms with Gasteiger partial charge in [-0.05, 0) is 43.9 Å². The first-order chi connectivity index (χ1) is 14.1. The molecule has 3 heterocycles. The zero-order valence-electron chi connectivity index (χ0n) is 16.9. The lowest BCUT2D eigenvalue weighted by Crippen LogP contribution is -2.46. The van der Waals surface area contributed by atoms with Crippen LogP contribution in [0.1, 0.15) is 32.3 Å². The van der Waals surface area contributed by atoms with Crippen molar-refractivity contribution in [2.24, 2.45) is 5.92 Å². The molecule has 2 aromatic rings. The highest BCUT2D eigenvalue weighted by molar-refractivity contribution is 6.03. The van der Waals surface area contributed by atoms with Crippen LogP contribution < -0.4 is 15.5 Å². The van der Waals surface area contributed by atoms with Gasteiger partial charge in [-0.2, -0.15) is 5.26 Å². The number of aromatic nitrogens is 2. The van der Waals surface area contributed by atoms with E-state index < -0.39 is 0 Å². The Bertz CT molecular complexity index is 857. The molecule has 1 aliphatic heterocycles. The number of hydrogen-bond acceptors (Lipinski definition) is 6. The maximum absolute atomic E-state index is 13.2. The molecule has 0 bridgehead atoms. The molecule has 0 aromatic carbocycles. The van der Waals surface area contributed by atoms with E-state index >= 15 is 0 Å². The molecule has 1 fully saturated rings. The maximum atomic E-state index is 13.2. The molecule has 2 amide bonds. The summed E-state index contributed by atoms with van der Waals surface area (Å²) in [5, 5.41) is 15.4. The summed E-state index contributed by atoms with van der Waals surface area (Å²) in [6, 6.07) is 7.11. The molecular weight excluding hydrogens is 366 g/mol. The molecule has 0 radical (unpaired) electrons. The van der Waals surface area contributed by atoms with Crippen molar-refractivity contribution in [3.63, 3.8) is 0 Å². The van der Waals surface area contributed by atoms with Crippen molar-refractivity contribution in [3.8, 4) is 6.07 Å². The van der Waals surface area contributed by atoms with E-state index in [1.54, 1.807) is 35.5 Å². The van der Waals surface area contributed by atoms with Crippen LogP contribution >= 0.6 is 0 Å². The summed E-state index contributed by atoms with van der Waals surface area (Å²) >= 11 is 0. The number of nitriles is 1. The van der Waals surface area contributed by atoms with Gasteiger partial charge >= 0.3 is 6.03 Å². The average molecular weight is 393 g/mol. The lowest BCUT2D eigenvalue weighted by Gasteiger charge is -2.35. The SMILES string of the molecule is CCNc1ncc(C#N)cc1N(CN1CCC(C)CC1)C(=O)Nc1cccnc1. The number of nitrogens with one attached hydrogen (secondary N) is 2. The first-order valence-corrected chi connectivity index (χ1v) is 9.95. The Morgan fingerprint density at radius 1 is 1.38 bits per heavy atom. The van der Waals surface area contributed by atoms with Crippen molar-refractivity contribution in [1.29, 1.82) is 5.26 Å². The lowest BCUT2D eigenvalue weighted by molar-refractivity contribution is 0.191. The zero-order chi connectivity index (χ0) is 20.6. The van der Waals surface area contributed by atoms with E-state index in [0.717, 1.165) is 25.9 Å². The summed E-state index contributed by atoms with van der Waals surface area (Å²) in [5.41, 5.74) is 1.61. The van der Waals surface area contributed by atoms with Gasteiger partial charge in [0.15, 0.2) is 0 Å². The van der Waals surface area contributed by atoms with Gasteiger partial charge < -0.3 is 10.6 Å². The highest BCUT2D eigenvalue weighted by atomic mass is 16.2. The van der Waals surface area contributed by atoms with Crippen LogP contribution in [0.15, 0.2) is 36.8 Å². The summed E-state index contributed by atoms with van der Waals surface area (Å²) in [6.45, 7) is 7.17. The standard InChI is InChI=1S/C21H27N7O/c1-3-24-20-19(11-17(12-22)13-25-20)28(15-27-9-6-16(2)7-10-27)21(29)26-18-5-4-8-23-14-18/h4-5,8,11,13-14,16H,3,6-7,9-10,15H2,1-2H3,(H,24,25)(H,26,29). The Hall–Kier alpha value is -3.18. The third-order valence-corrected chi connectivity index (χ3v) is 5.01. The van der Waals surface area contributed by atoms with E-state index in [1.165, 1.54) is 6.20 Å². The Morgan fingerprint density at radius 3 is 2.83 bits per heavy atom. The van der Waals surface area contributed by atoms with Gasteiger partial charge in [0.05, 0.1) is 29.8 Å². The van der Waals surface area contributed by atoms with Crippen molar-refractivity contribution in [2.45, 2.75) is 26.7 Å². The van der Waals surface area contributed by atoms with Crippen LogP contribution in [0.3, 0.4) is 0 Å². The largest absolute Gasteiger partial charge is 0.369 e. The summed E-state index contributed by atoms with van der Waals surface area (Å²) in [4.78, 5) is 25.6. The number of urea groups is 1. The van der Waals surface area contributed by atoms with E-state index in [9.17, 15) is 10.1 Å². The van der Waals surface area contributed by atoms with Gasteiger partial charge in [0.25, 0.3) is 0 Å². The van der Waals surface area contributed by atoms with Crippen LogP contribution in [0.25, 0.3) is 0 Å². The molecule has 29 heavy (non-hydrogen) atoms. The fourth-order valence-electron chi connectivity index (χ4n) is 3.30. The van der Waals surface area contributed by atoms with Crippen LogP contribution in [0.5, 0.6) is 0 Å². The highest BCUT2D eigenvalue weighted by Gasteiger charge is 2.25. The molecule has 2 aromatic heterocycles. The molecule has 0 saturated carbocycles. The number of likely N-dealkylation sites (tertiary alicyclic amines) is 1. The Labute approximate surface area is 171 Å². The average Bonchev–Trinajstić information content (AvgIpc) is 2.74. The number of carbonyl (C=O) groups excluding carboxylic acids is 1. The van der Waals surface area contributed by atoms with Crippen molar-refractivity contribution in [1.82, 2.24) is 14.9 Å². The van der Waals surface area contributed by atoms with E-state index in [-0.39, 0.29) is 6.03 Å². The molecule has 8 heteroatoms. The van der Waals surface area contributed by atoms with Crippen LogP contribution in [0, 0.1) is 17.2 Å². The Morgan fingerprint density at radius 2 is 2.17 bits per heavy atom. The normalized spacial score (nSPS) is 14.8. The molecule has 1 aliphatic rings. The highest BCUT2D eigenvalue weighted by Crippen LogP contribution is 2.27. The van der Waals surface area contributed by atoms with Crippen LogP contribution in [-0.2, 0) is 0 Å². The van der Waals surface area contributed by atoms with Gasteiger partial charge in [0.1, 0.15) is 11.9 Å². The summed E-state index contributed by atoms with van der Waals surface area (Å²) in [6.07, 6.45) is 6.99. The van der Waals surface area contributed by atoms with Crippen molar-refractivity contribution in [3.05, 3.63) is 42.4 Å². The van der Waals surface area contributed by atoms with Crippen molar-refractivity contribution >= 4 is 23.2 Å². The number of amides is 2. The first kappa shape index (κ1) is 20.6. The molecule has 2 N–H and O–H groups in total. The number of anilines is 3. The molecule has 3 rings (SSSR count). The van der Waals surface area contributed by atoms with Gasteiger partial charge in [-0.3, -0.25) is 14.8 Å². The second-order valence-corrected chi connectivity index (χ2v) is 7.28. The second kappa shape index (κ2) is 9.85. The van der Waals surface area contributed by atoms with Crippen LogP contribution in [0.4, 0.5) is 22.0 Å².